The molecule has 7 nitrogen and oxygen atoms in total. The van der Waals surface area contributed by atoms with Crippen LogP contribution in [0.2, 0.25) is 5.02 Å². The van der Waals surface area contributed by atoms with Crippen LogP contribution in [0.1, 0.15) is 63.9 Å². The number of nitrogens with one attached hydrogen (secondary N) is 3. The highest BCUT2D eigenvalue weighted by Crippen LogP contribution is 2.39. The van der Waals surface area contributed by atoms with Crippen LogP contribution in [0.15, 0.2) is 24.3 Å². The van der Waals surface area contributed by atoms with E-state index in [2.05, 4.69) is 16.0 Å². The third-order valence-electron chi connectivity index (χ3n) is 7.79. The van der Waals surface area contributed by atoms with Crippen molar-refractivity contribution in [1.82, 2.24) is 20.9 Å². The van der Waals surface area contributed by atoms with Gasteiger partial charge in [-0.3, -0.25) is 4.79 Å². The summed E-state index contributed by atoms with van der Waals surface area (Å²) < 4.78 is 6.27. The van der Waals surface area contributed by atoms with Crippen LogP contribution in [-0.2, 0) is 15.1 Å². The lowest BCUT2D eigenvalue weighted by Crippen LogP contribution is -2.54. The first-order valence-corrected chi connectivity index (χ1v) is 13.5. The average molecular weight is 507 g/mol. The standard InChI is InChI=1S/C27H43ClN4O3/c1-27(35-19-25(33)30-3,21-11-7-13-23(28)16-21)22-12-8-14-32(18-22)26(34)31-24(17-29-2)15-20-9-5-4-6-10-20/h7,11,13,16,20,22,24,29H,4-6,8-10,12,14-15,17-19H2,1-3H3,(H,30,33)(H,31,34)/t22-,24+,27+/m1/s1. The molecule has 1 saturated heterocycles. The summed E-state index contributed by atoms with van der Waals surface area (Å²) in [6, 6.07) is 7.74. The lowest BCUT2D eigenvalue weighted by molar-refractivity contribution is -0.140. The van der Waals surface area contributed by atoms with E-state index in [4.69, 9.17) is 16.3 Å². The van der Waals surface area contributed by atoms with Crippen molar-refractivity contribution in [2.45, 2.75) is 69.9 Å². The van der Waals surface area contributed by atoms with Crippen LogP contribution < -0.4 is 16.0 Å². The van der Waals surface area contributed by atoms with Crippen molar-refractivity contribution >= 4 is 23.5 Å². The molecule has 0 radical (unpaired) electrons. The van der Waals surface area contributed by atoms with Crippen molar-refractivity contribution in [2.24, 2.45) is 11.8 Å². The van der Waals surface area contributed by atoms with E-state index in [0.29, 0.717) is 17.5 Å². The highest BCUT2D eigenvalue weighted by atomic mass is 35.5. The van der Waals surface area contributed by atoms with Crippen LogP contribution in [-0.4, -0.2) is 63.2 Å². The molecule has 0 spiro atoms. The van der Waals surface area contributed by atoms with E-state index in [1.165, 1.54) is 32.1 Å². The second kappa shape index (κ2) is 13.5. The molecule has 1 saturated carbocycles. The Bertz CT molecular complexity index is 832. The van der Waals surface area contributed by atoms with Crippen LogP contribution in [0.4, 0.5) is 4.79 Å². The van der Waals surface area contributed by atoms with Crippen LogP contribution in [0.3, 0.4) is 0 Å². The van der Waals surface area contributed by atoms with Gasteiger partial charge < -0.3 is 25.6 Å². The number of nitrogens with zero attached hydrogens (tertiary/aromatic N) is 1. The number of amides is 3. The van der Waals surface area contributed by atoms with Gasteiger partial charge >= 0.3 is 6.03 Å². The van der Waals surface area contributed by atoms with Gasteiger partial charge in [-0.05, 0) is 56.8 Å². The predicted molar refractivity (Wildman–Crippen MR) is 141 cm³/mol. The number of hydrogen-bond donors (Lipinski definition) is 3. The van der Waals surface area contributed by atoms with Gasteiger partial charge in [-0.1, -0.05) is 55.8 Å². The molecule has 2 fully saturated rings. The quantitative estimate of drug-likeness (QED) is 0.442. The Kier molecular flexibility index (Phi) is 10.7. The lowest BCUT2D eigenvalue weighted by Gasteiger charge is -2.44. The fourth-order valence-corrected chi connectivity index (χ4v) is 5.85. The van der Waals surface area contributed by atoms with E-state index < -0.39 is 5.60 Å². The van der Waals surface area contributed by atoms with Crippen LogP contribution in [0.25, 0.3) is 0 Å². The Labute approximate surface area is 215 Å². The fourth-order valence-electron chi connectivity index (χ4n) is 5.66. The number of ether oxygens (including phenoxy) is 1. The summed E-state index contributed by atoms with van der Waals surface area (Å²) in [5, 5.41) is 9.82. The van der Waals surface area contributed by atoms with E-state index in [1.807, 2.05) is 43.1 Å². The maximum absolute atomic E-state index is 13.4. The molecule has 2 aliphatic rings. The third kappa shape index (κ3) is 7.83. The average Bonchev–Trinajstić information content (AvgIpc) is 2.87. The zero-order chi connectivity index (χ0) is 25.3. The first kappa shape index (κ1) is 27.8. The van der Waals surface area contributed by atoms with Crippen LogP contribution in [0, 0.1) is 11.8 Å². The Hall–Kier alpha value is -1.83. The van der Waals surface area contributed by atoms with E-state index in [1.54, 1.807) is 7.05 Å². The molecule has 196 valence electrons. The second-order valence-corrected chi connectivity index (χ2v) is 10.7. The summed E-state index contributed by atoms with van der Waals surface area (Å²) in [7, 11) is 3.54. The molecule has 1 heterocycles. The smallest absolute Gasteiger partial charge is 0.317 e. The van der Waals surface area contributed by atoms with E-state index >= 15 is 0 Å². The molecule has 3 rings (SSSR count). The Morgan fingerprint density at radius 2 is 1.94 bits per heavy atom. The van der Waals surface area contributed by atoms with E-state index in [9.17, 15) is 9.59 Å². The maximum Gasteiger partial charge on any atom is 0.317 e. The summed E-state index contributed by atoms with van der Waals surface area (Å²) >= 11 is 6.31. The molecule has 0 bridgehead atoms. The topological polar surface area (TPSA) is 82.7 Å². The lowest BCUT2D eigenvalue weighted by atomic mass is 9.78. The SMILES string of the molecule is CNC[C@H](CC1CCCCC1)NC(=O)N1CCC[C@@H]([C@@](C)(OCC(=O)NC)c2cccc(Cl)c2)C1. The number of likely N-dealkylation sites (tertiary alicyclic amines) is 1. The van der Waals surface area contributed by atoms with Gasteiger partial charge in [0.15, 0.2) is 0 Å². The van der Waals surface area contributed by atoms with Crippen molar-refractivity contribution in [3.8, 4) is 0 Å². The molecule has 1 aliphatic carbocycles. The summed E-state index contributed by atoms with van der Waals surface area (Å²) in [5.74, 6) is 0.549. The van der Waals surface area contributed by atoms with Crippen molar-refractivity contribution in [3.63, 3.8) is 0 Å². The van der Waals surface area contributed by atoms with Gasteiger partial charge in [0, 0.05) is 43.7 Å². The zero-order valence-corrected chi connectivity index (χ0v) is 22.3. The van der Waals surface area contributed by atoms with Crippen molar-refractivity contribution in [3.05, 3.63) is 34.9 Å². The molecule has 1 aromatic carbocycles. The van der Waals surface area contributed by atoms with Crippen molar-refractivity contribution in [1.29, 1.82) is 0 Å². The number of likely N-dealkylation sites (N-methyl/N-ethyl adjacent to an activating group) is 2. The first-order chi connectivity index (χ1) is 16.9. The number of halogens is 1. The Morgan fingerprint density at radius 3 is 2.63 bits per heavy atom. The minimum Gasteiger partial charge on any atom is -0.360 e. The molecule has 0 unspecified atom stereocenters. The summed E-state index contributed by atoms with van der Waals surface area (Å²) in [4.78, 5) is 27.3. The minimum absolute atomic E-state index is 0.00879. The van der Waals surface area contributed by atoms with Crippen LogP contribution in [0.5, 0.6) is 0 Å². The van der Waals surface area contributed by atoms with Crippen molar-refractivity contribution in [2.75, 3.05) is 40.3 Å². The normalized spacial score (nSPS) is 21.7. The first-order valence-electron chi connectivity index (χ1n) is 13.2. The second-order valence-electron chi connectivity index (χ2n) is 10.3. The van der Waals surface area contributed by atoms with E-state index in [0.717, 1.165) is 37.9 Å². The number of carbonyl (C=O) groups excluding carboxylic acids is 2. The molecule has 3 amide bonds. The van der Waals surface area contributed by atoms with Gasteiger partial charge in [-0.15, -0.1) is 0 Å². The number of carbonyl (C=O) groups is 2. The molecule has 0 aromatic heterocycles. The highest BCUT2D eigenvalue weighted by molar-refractivity contribution is 6.30. The summed E-state index contributed by atoms with van der Waals surface area (Å²) in [6.45, 7) is 4.03. The monoisotopic (exact) mass is 506 g/mol. The van der Waals surface area contributed by atoms with Crippen LogP contribution >= 0.6 is 11.6 Å². The number of rotatable bonds is 10. The largest absolute Gasteiger partial charge is 0.360 e. The molecule has 3 atom stereocenters. The van der Waals surface area contributed by atoms with Gasteiger partial charge in [0.25, 0.3) is 0 Å². The maximum atomic E-state index is 13.4. The number of piperidine rings is 1. The van der Waals surface area contributed by atoms with Gasteiger partial charge in [-0.25, -0.2) is 4.79 Å². The van der Waals surface area contributed by atoms with Gasteiger partial charge in [0.2, 0.25) is 5.91 Å². The minimum atomic E-state index is -0.747. The molecule has 8 heteroatoms. The molecular formula is C27H43ClN4O3. The summed E-state index contributed by atoms with van der Waals surface area (Å²) in [5.41, 5.74) is 0.176. The third-order valence-corrected chi connectivity index (χ3v) is 8.02. The Morgan fingerprint density at radius 1 is 1.17 bits per heavy atom. The fraction of sp³-hybridized carbons (Fsp3) is 0.704. The molecule has 35 heavy (non-hydrogen) atoms. The van der Waals surface area contributed by atoms with Crippen molar-refractivity contribution < 1.29 is 14.3 Å². The summed E-state index contributed by atoms with van der Waals surface area (Å²) in [6.07, 6.45) is 9.29. The Balaban J connectivity index is 1.70. The molecule has 1 aromatic rings. The number of hydrogen-bond acceptors (Lipinski definition) is 4. The van der Waals surface area contributed by atoms with Gasteiger partial charge in [0.05, 0.1) is 5.60 Å². The zero-order valence-electron chi connectivity index (χ0n) is 21.6. The highest BCUT2D eigenvalue weighted by Gasteiger charge is 2.41. The van der Waals surface area contributed by atoms with E-state index in [-0.39, 0.29) is 30.5 Å². The molecular weight excluding hydrogens is 464 g/mol. The number of benzene rings is 1. The predicted octanol–water partition coefficient (Wildman–Crippen LogP) is 4.30. The number of urea groups is 1. The van der Waals surface area contributed by atoms with Gasteiger partial charge in [-0.2, -0.15) is 0 Å². The molecule has 1 aliphatic heterocycles. The van der Waals surface area contributed by atoms with Gasteiger partial charge in [0.1, 0.15) is 6.61 Å². The molecule has 3 N–H and O–H groups in total.